The Morgan fingerprint density at radius 1 is 1.05 bits per heavy atom. The molecule has 1 amide bonds. The van der Waals surface area contributed by atoms with E-state index >= 15 is 0 Å². The molecule has 2 heterocycles. The number of aromatic hydroxyl groups is 1. The second-order valence-corrected chi connectivity index (χ2v) is 4.93. The van der Waals surface area contributed by atoms with Gasteiger partial charge in [0, 0.05) is 11.5 Å². The lowest BCUT2D eigenvalue weighted by molar-refractivity contribution is -0.116. The van der Waals surface area contributed by atoms with Crippen LogP contribution in [0.15, 0.2) is 48.5 Å². The topological polar surface area (TPSA) is 56.3 Å². The van der Waals surface area contributed by atoms with Crippen LogP contribution in [0.1, 0.15) is 5.56 Å². The van der Waals surface area contributed by atoms with Crippen molar-refractivity contribution >= 4 is 28.2 Å². The number of anilines is 2. The molecule has 3 aromatic rings. The predicted molar refractivity (Wildman–Crippen MR) is 77.3 cm³/mol. The molecule has 0 saturated carbocycles. The summed E-state index contributed by atoms with van der Waals surface area (Å²) in [4.78, 5) is 16.9. The van der Waals surface area contributed by atoms with E-state index in [4.69, 9.17) is 0 Å². The SMILES string of the molecule is O=C1Cc2ccccc2N1c1cccc2[nH]c(O)cc12. The number of nitrogens with zero attached hydrogens (tertiary/aromatic N) is 1. The summed E-state index contributed by atoms with van der Waals surface area (Å²) in [5.41, 5.74) is 3.58. The third-order valence-corrected chi connectivity index (χ3v) is 3.69. The average Bonchev–Trinajstić information content (AvgIpc) is 2.96. The summed E-state index contributed by atoms with van der Waals surface area (Å²) in [5, 5.41) is 10.5. The highest BCUT2D eigenvalue weighted by molar-refractivity contribution is 6.12. The molecule has 0 saturated heterocycles. The zero-order valence-electron chi connectivity index (χ0n) is 10.6. The quantitative estimate of drug-likeness (QED) is 0.709. The van der Waals surface area contributed by atoms with Crippen LogP contribution < -0.4 is 4.90 Å². The summed E-state index contributed by atoms with van der Waals surface area (Å²) in [5.74, 6) is 0.159. The fourth-order valence-electron chi connectivity index (χ4n) is 2.84. The number of nitrogens with one attached hydrogen (secondary N) is 1. The maximum Gasteiger partial charge on any atom is 0.236 e. The van der Waals surface area contributed by atoms with Gasteiger partial charge in [0.2, 0.25) is 5.91 Å². The van der Waals surface area contributed by atoms with Gasteiger partial charge in [0.1, 0.15) is 0 Å². The molecule has 1 aromatic heterocycles. The number of fused-ring (bicyclic) bond motifs is 2. The number of amides is 1. The molecule has 2 N–H and O–H groups in total. The molecule has 4 nitrogen and oxygen atoms in total. The van der Waals surface area contributed by atoms with Crippen molar-refractivity contribution in [2.24, 2.45) is 0 Å². The smallest absolute Gasteiger partial charge is 0.236 e. The van der Waals surface area contributed by atoms with E-state index in [0.29, 0.717) is 6.42 Å². The number of rotatable bonds is 1. The van der Waals surface area contributed by atoms with E-state index < -0.39 is 0 Å². The van der Waals surface area contributed by atoms with Gasteiger partial charge in [-0.1, -0.05) is 24.3 Å². The number of hydrogen-bond acceptors (Lipinski definition) is 2. The minimum atomic E-state index is 0.0550. The minimum Gasteiger partial charge on any atom is -0.495 e. The Kier molecular flexibility index (Phi) is 2.15. The molecule has 4 rings (SSSR count). The first-order valence-corrected chi connectivity index (χ1v) is 6.45. The molecule has 0 radical (unpaired) electrons. The molecule has 0 fully saturated rings. The van der Waals surface area contributed by atoms with Crippen LogP contribution in [-0.4, -0.2) is 16.0 Å². The Balaban J connectivity index is 1.98. The van der Waals surface area contributed by atoms with Gasteiger partial charge in [0.15, 0.2) is 5.88 Å². The predicted octanol–water partition coefficient (Wildman–Crippen LogP) is 3.09. The van der Waals surface area contributed by atoms with Crippen molar-refractivity contribution in [2.75, 3.05) is 4.90 Å². The maximum absolute atomic E-state index is 12.3. The van der Waals surface area contributed by atoms with Gasteiger partial charge in [0.25, 0.3) is 0 Å². The Bertz CT molecular complexity index is 835. The molecule has 2 aromatic carbocycles. The van der Waals surface area contributed by atoms with E-state index in [1.54, 1.807) is 11.0 Å². The summed E-state index contributed by atoms with van der Waals surface area (Å²) < 4.78 is 0. The van der Waals surface area contributed by atoms with E-state index in [-0.39, 0.29) is 11.8 Å². The Morgan fingerprint density at radius 3 is 2.75 bits per heavy atom. The number of H-pyrrole nitrogens is 1. The summed E-state index contributed by atoms with van der Waals surface area (Å²) in [6.45, 7) is 0. The second kappa shape index (κ2) is 3.87. The number of aromatic amines is 1. The molecule has 0 aliphatic carbocycles. The van der Waals surface area contributed by atoms with Gasteiger partial charge in [-0.2, -0.15) is 0 Å². The molecule has 4 heteroatoms. The van der Waals surface area contributed by atoms with Crippen LogP contribution in [0.4, 0.5) is 11.4 Å². The van der Waals surface area contributed by atoms with Crippen molar-refractivity contribution in [2.45, 2.75) is 6.42 Å². The van der Waals surface area contributed by atoms with Crippen LogP contribution in [0.5, 0.6) is 5.88 Å². The standard InChI is InChI=1S/C16H12N2O2/c19-15-9-11-12(17-15)5-3-7-14(11)18-13-6-2-1-4-10(13)8-16(18)20/h1-7,9,17,19H,8H2. The van der Waals surface area contributed by atoms with E-state index in [9.17, 15) is 9.90 Å². The lowest BCUT2D eigenvalue weighted by Gasteiger charge is -2.18. The van der Waals surface area contributed by atoms with Crippen LogP contribution in [0.25, 0.3) is 10.9 Å². The molecule has 0 unspecified atom stereocenters. The minimum absolute atomic E-state index is 0.0550. The molecular weight excluding hydrogens is 252 g/mol. The maximum atomic E-state index is 12.3. The summed E-state index contributed by atoms with van der Waals surface area (Å²) in [6, 6.07) is 15.1. The van der Waals surface area contributed by atoms with Crippen LogP contribution in [0.2, 0.25) is 0 Å². The molecule has 1 aliphatic heterocycles. The number of carbonyl (C=O) groups is 1. The first kappa shape index (κ1) is 11.1. The number of carbonyl (C=O) groups excluding carboxylic acids is 1. The average molecular weight is 264 g/mol. The van der Waals surface area contributed by atoms with Gasteiger partial charge in [-0.3, -0.25) is 9.69 Å². The van der Waals surface area contributed by atoms with Crippen molar-refractivity contribution in [3.63, 3.8) is 0 Å². The van der Waals surface area contributed by atoms with E-state index in [1.807, 2.05) is 42.5 Å². The van der Waals surface area contributed by atoms with Gasteiger partial charge < -0.3 is 10.1 Å². The van der Waals surface area contributed by atoms with Gasteiger partial charge >= 0.3 is 0 Å². The van der Waals surface area contributed by atoms with E-state index in [2.05, 4.69) is 4.98 Å². The molecule has 0 spiro atoms. The number of aromatic nitrogens is 1. The molecular formula is C16H12N2O2. The summed E-state index contributed by atoms with van der Waals surface area (Å²) in [6.07, 6.45) is 0.420. The van der Waals surface area contributed by atoms with Crippen LogP contribution in [0, 0.1) is 0 Å². The number of para-hydroxylation sites is 1. The van der Waals surface area contributed by atoms with Crippen molar-refractivity contribution in [1.29, 1.82) is 0 Å². The van der Waals surface area contributed by atoms with E-state index in [1.165, 1.54) is 0 Å². The van der Waals surface area contributed by atoms with Gasteiger partial charge in [-0.25, -0.2) is 0 Å². The lowest BCUT2D eigenvalue weighted by Crippen LogP contribution is -2.20. The molecule has 98 valence electrons. The van der Waals surface area contributed by atoms with Crippen LogP contribution in [0.3, 0.4) is 0 Å². The van der Waals surface area contributed by atoms with Crippen LogP contribution in [-0.2, 0) is 11.2 Å². The number of hydrogen-bond donors (Lipinski definition) is 2. The Labute approximate surface area is 115 Å². The lowest BCUT2D eigenvalue weighted by atomic mass is 10.1. The number of benzene rings is 2. The first-order chi connectivity index (χ1) is 9.74. The van der Waals surface area contributed by atoms with Crippen molar-refractivity contribution in [3.05, 3.63) is 54.1 Å². The molecule has 0 atom stereocenters. The Morgan fingerprint density at radius 2 is 1.85 bits per heavy atom. The highest BCUT2D eigenvalue weighted by Gasteiger charge is 2.29. The van der Waals surface area contributed by atoms with Crippen molar-refractivity contribution in [1.82, 2.24) is 4.98 Å². The van der Waals surface area contributed by atoms with Crippen molar-refractivity contribution < 1.29 is 9.90 Å². The highest BCUT2D eigenvalue weighted by atomic mass is 16.3. The third-order valence-electron chi connectivity index (χ3n) is 3.69. The Hall–Kier alpha value is -2.75. The van der Waals surface area contributed by atoms with E-state index in [0.717, 1.165) is 27.8 Å². The van der Waals surface area contributed by atoms with Gasteiger partial charge in [-0.05, 0) is 23.8 Å². The zero-order chi connectivity index (χ0) is 13.7. The second-order valence-electron chi connectivity index (χ2n) is 4.93. The third kappa shape index (κ3) is 1.45. The largest absolute Gasteiger partial charge is 0.495 e. The monoisotopic (exact) mass is 264 g/mol. The molecule has 0 bridgehead atoms. The normalized spacial score (nSPS) is 14.0. The van der Waals surface area contributed by atoms with Crippen molar-refractivity contribution in [3.8, 4) is 5.88 Å². The summed E-state index contributed by atoms with van der Waals surface area (Å²) >= 11 is 0. The summed E-state index contributed by atoms with van der Waals surface area (Å²) in [7, 11) is 0. The fraction of sp³-hybridized carbons (Fsp3) is 0.0625. The van der Waals surface area contributed by atoms with Gasteiger partial charge in [-0.15, -0.1) is 0 Å². The first-order valence-electron chi connectivity index (χ1n) is 6.45. The molecule has 20 heavy (non-hydrogen) atoms. The fourth-order valence-corrected chi connectivity index (χ4v) is 2.84. The van der Waals surface area contributed by atoms with Gasteiger partial charge in [0.05, 0.1) is 23.3 Å². The molecule has 1 aliphatic rings. The van der Waals surface area contributed by atoms with Crippen LogP contribution >= 0.6 is 0 Å². The zero-order valence-corrected chi connectivity index (χ0v) is 10.6. The highest BCUT2D eigenvalue weighted by Crippen LogP contribution is 2.39.